The average Bonchev–Trinajstić information content (AvgIpc) is 3.31. The minimum absolute atomic E-state index is 0.0349. The largest absolute Gasteiger partial charge is 0.463 e. The van der Waals surface area contributed by atoms with E-state index in [9.17, 15) is 13.2 Å². The molecule has 25 heavy (non-hydrogen) atoms. The zero-order valence-corrected chi connectivity index (χ0v) is 14.8. The number of thiazole rings is 1. The molecule has 0 bridgehead atoms. The summed E-state index contributed by atoms with van der Waals surface area (Å²) in [6.45, 7) is -0.105. The first kappa shape index (κ1) is 17.2. The molecular weight excluding hydrogens is 364 g/mol. The molecule has 7 nitrogen and oxygen atoms in total. The normalized spacial score (nSPS) is 11.2. The third kappa shape index (κ3) is 3.42. The Morgan fingerprint density at radius 2 is 2.04 bits per heavy atom. The van der Waals surface area contributed by atoms with Crippen LogP contribution in [0, 0.1) is 0 Å². The Morgan fingerprint density at radius 1 is 1.28 bits per heavy atom. The molecule has 0 fully saturated rings. The van der Waals surface area contributed by atoms with Gasteiger partial charge in [-0.25, -0.2) is 22.5 Å². The van der Waals surface area contributed by atoms with Crippen molar-refractivity contribution in [3.05, 3.63) is 65.6 Å². The number of sulfonamides is 1. The second kappa shape index (κ2) is 7.08. The quantitative estimate of drug-likeness (QED) is 0.613. The summed E-state index contributed by atoms with van der Waals surface area (Å²) in [6.07, 6.45) is 2.83. The summed E-state index contributed by atoms with van der Waals surface area (Å²) in [5.74, 6) is -0.705. The van der Waals surface area contributed by atoms with Gasteiger partial charge in [-0.1, -0.05) is 18.2 Å². The van der Waals surface area contributed by atoms with Crippen molar-refractivity contribution >= 4 is 32.5 Å². The molecule has 130 valence electrons. The zero-order valence-electron chi connectivity index (χ0n) is 13.2. The van der Waals surface area contributed by atoms with Crippen molar-refractivity contribution in [2.24, 2.45) is 0 Å². The topological polar surface area (TPSA) is 89.7 Å². The molecular formula is C16H14N2O5S2. The molecule has 0 N–H and O–H groups in total. The van der Waals surface area contributed by atoms with E-state index in [1.807, 2.05) is 0 Å². The van der Waals surface area contributed by atoms with Gasteiger partial charge in [0.1, 0.15) is 0 Å². The van der Waals surface area contributed by atoms with Crippen molar-refractivity contribution in [3.63, 3.8) is 0 Å². The van der Waals surface area contributed by atoms with Gasteiger partial charge in [-0.2, -0.15) is 0 Å². The Hall–Kier alpha value is -2.65. The maximum absolute atomic E-state index is 13.1. The summed E-state index contributed by atoms with van der Waals surface area (Å²) in [5.41, 5.74) is 0.390. The van der Waals surface area contributed by atoms with Crippen LogP contribution in [0.15, 0.2) is 63.6 Å². The summed E-state index contributed by atoms with van der Waals surface area (Å²) in [5, 5.41) is 1.97. The van der Waals surface area contributed by atoms with Crippen molar-refractivity contribution in [2.45, 2.75) is 11.4 Å². The third-order valence-corrected chi connectivity index (χ3v) is 6.06. The van der Waals surface area contributed by atoms with Gasteiger partial charge in [0.25, 0.3) is 10.0 Å². The summed E-state index contributed by atoms with van der Waals surface area (Å²) >= 11 is 1.18. The lowest BCUT2D eigenvalue weighted by Crippen LogP contribution is -2.31. The number of aromatic nitrogens is 1. The van der Waals surface area contributed by atoms with E-state index in [2.05, 4.69) is 9.72 Å². The molecule has 3 aromatic rings. The van der Waals surface area contributed by atoms with Gasteiger partial charge in [0, 0.05) is 17.1 Å². The highest BCUT2D eigenvalue weighted by Crippen LogP contribution is 2.28. The minimum Gasteiger partial charge on any atom is -0.463 e. The number of benzene rings is 1. The first-order valence-electron chi connectivity index (χ1n) is 7.16. The first-order valence-corrected chi connectivity index (χ1v) is 9.48. The number of esters is 1. The van der Waals surface area contributed by atoms with Crippen LogP contribution in [0.4, 0.5) is 5.13 Å². The molecule has 0 saturated heterocycles. The Balaban J connectivity index is 2.04. The Morgan fingerprint density at radius 3 is 2.68 bits per heavy atom. The Bertz CT molecular complexity index is 950. The highest BCUT2D eigenvalue weighted by molar-refractivity contribution is 7.93. The van der Waals surface area contributed by atoms with Gasteiger partial charge in [-0.3, -0.25) is 0 Å². The van der Waals surface area contributed by atoms with E-state index >= 15 is 0 Å². The van der Waals surface area contributed by atoms with Crippen molar-refractivity contribution in [1.82, 2.24) is 4.98 Å². The maximum Gasteiger partial charge on any atom is 0.374 e. The van der Waals surface area contributed by atoms with E-state index in [4.69, 9.17) is 4.42 Å². The van der Waals surface area contributed by atoms with Crippen LogP contribution < -0.4 is 4.31 Å². The number of anilines is 1. The average molecular weight is 378 g/mol. The maximum atomic E-state index is 13.1. The van der Waals surface area contributed by atoms with Crippen LogP contribution in [0.25, 0.3) is 0 Å². The molecule has 2 aromatic heterocycles. The highest BCUT2D eigenvalue weighted by Gasteiger charge is 2.29. The fourth-order valence-electron chi connectivity index (χ4n) is 2.20. The van der Waals surface area contributed by atoms with Gasteiger partial charge in [0.2, 0.25) is 5.76 Å². The SMILES string of the molecule is COC(=O)c1occc1CN(c1nccs1)S(=O)(=O)c1ccccc1. The highest BCUT2D eigenvalue weighted by atomic mass is 32.2. The van der Waals surface area contributed by atoms with E-state index in [0.717, 1.165) is 4.31 Å². The van der Waals surface area contributed by atoms with E-state index in [1.165, 1.54) is 49.1 Å². The molecule has 0 aliphatic rings. The number of carbonyl (C=O) groups is 1. The molecule has 0 unspecified atom stereocenters. The number of methoxy groups -OCH3 is 1. The van der Waals surface area contributed by atoms with Crippen molar-refractivity contribution < 1.29 is 22.4 Å². The number of nitrogens with zero attached hydrogens (tertiary/aromatic N) is 2. The fraction of sp³-hybridized carbons (Fsp3) is 0.125. The van der Waals surface area contributed by atoms with Crippen LogP contribution in [-0.4, -0.2) is 26.5 Å². The molecule has 0 atom stereocenters. The van der Waals surface area contributed by atoms with Crippen LogP contribution in [0.1, 0.15) is 16.1 Å². The Kier molecular flexibility index (Phi) is 4.86. The van der Waals surface area contributed by atoms with E-state index in [1.54, 1.807) is 23.6 Å². The fourth-order valence-corrected chi connectivity index (χ4v) is 4.49. The molecule has 0 aliphatic heterocycles. The molecule has 0 spiro atoms. The van der Waals surface area contributed by atoms with Crippen LogP contribution in [0.2, 0.25) is 0 Å². The van der Waals surface area contributed by atoms with Gasteiger partial charge in [0.05, 0.1) is 24.8 Å². The van der Waals surface area contributed by atoms with Crippen molar-refractivity contribution in [2.75, 3.05) is 11.4 Å². The number of ether oxygens (including phenoxy) is 1. The molecule has 2 heterocycles. The summed E-state index contributed by atoms with van der Waals surface area (Å²) < 4.78 is 37.1. The smallest absolute Gasteiger partial charge is 0.374 e. The number of hydrogen-bond donors (Lipinski definition) is 0. The predicted octanol–water partition coefficient (Wildman–Crippen LogP) is 2.92. The lowest BCUT2D eigenvalue weighted by atomic mass is 10.2. The zero-order chi connectivity index (χ0) is 17.9. The van der Waals surface area contributed by atoms with E-state index in [0.29, 0.717) is 10.7 Å². The Labute approximate surface area is 148 Å². The van der Waals surface area contributed by atoms with Crippen LogP contribution >= 0.6 is 11.3 Å². The first-order chi connectivity index (χ1) is 12.0. The van der Waals surface area contributed by atoms with Crippen LogP contribution in [0.5, 0.6) is 0 Å². The van der Waals surface area contributed by atoms with Gasteiger partial charge >= 0.3 is 5.97 Å². The van der Waals surface area contributed by atoms with E-state index in [-0.39, 0.29) is 17.2 Å². The second-order valence-electron chi connectivity index (χ2n) is 4.91. The standard InChI is InChI=1S/C16H14N2O5S2/c1-22-15(19)14-12(7-9-23-14)11-18(16-17-8-10-24-16)25(20,21)13-5-3-2-4-6-13/h2-10H,11H2,1H3. The van der Waals surface area contributed by atoms with Crippen LogP contribution in [0.3, 0.4) is 0 Å². The summed E-state index contributed by atoms with van der Waals surface area (Å²) in [6, 6.07) is 9.57. The summed E-state index contributed by atoms with van der Waals surface area (Å²) in [7, 11) is -2.63. The number of furan rings is 1. The molecule has 0 aliphatic carbocycles. The third-order valence-electron chi connectivity index (χ3n) is 3.40. The molecule has 0 radical (unpaired) electrons. The molecule has 0 amide bonds. The summed E-state index contributed by atoms with van der Waals surface area (Å²) in [4.78, 5) is 16.0. The second-order valence-corrected chi connectivity index (χ2v) is 7.64. The van der Waals surface area contributed by atoms with Gasteiger partial charge in [-0.15, -0.1) is 11.3 Å². The van der Waals surface area contributed by atoms with Gasteiger partial charge in [0.15, 0.2) is 5.13 Å². The molecule has 1 aromatic carbocycles. The monoisotopic (exact) mass is 378 g/mol. The van der Waals surface area contributed by atoms with Crippen molar-refractivity contribution in [1.29, 1.82) is 0 Å². The molecule has 3 rings (SSSR count). The number of hydrogen-bond acceptors (Lipinski definition) is 7. The van der Waals surface area contributed by atoms with E-state index < -0.39 is 16.0 Å². The lowest BCUT2D eigenvalue weighted by molar-refractivity contribution is 0.0563. The predicted molar refractivity (Wildman–Crippen MR) is 92.0 cm³/mol. The number of rotatable bonds is 6. The number of carbonyl (C=O) groups excluding carboxylic acids is 1. The van der Waals surface area contributed by atoms with Crippen LogP contribution in [-0.2, 0) is 21.3 Å². The minimum atomic E-state index is -3.86. The lowest BCUT2D eigenvalue weighted by Gasteiger charge is -2.21. The van der Waals surface area contributed by atoms with Gasteiger partial charge in [-0.05, 0) is 18.2 Å². The molecule has 9 heteroatoms. The molecule has 0 saturated carbocycles. The van der Waals surface area contributed by atoms with Gasteiger partial charge < -0.3 is 9.15 Å². The van der Waals surface area contributed by atoms with Crippen molar-refractivity contribution in [3.8, 4) is 0 Å².